The van der Waals surface area contributed by atoms with Crippen LogP contribution in [0.2, 0.25) is 0 Å². The lowest BCUT2D eigenvalue weighted by Gasteiger charge is -2.45. The molecule has 3 unspecified atom stereocenters. The Kier molecular flexibility index (Phi) is 3.20. The summed E-state index contributed by atoms with van der Waals surface area (Å²) in [5.41, 5.74) is 6.57. The van der Waals surface area contributed by atoms with Gasteiger partial charge >= 0.3 is 0 Å². The van der Waals surface area contributed by atoms with E-state index in [2.05, 4.69) is 26.1 Å². The Bertz CT molecular complexity index is 403. The first kappa shape index (κ1) is 14.4. The molecule has 3 rings (SSSR count). The molecule has 0 aromatic heterocycles. The third-order valence-electron chi connectivity index (χ3n) is 6.96. The van der Waals surface area contributed by atoms with Gasteiger partial charge in [0.1, 0.15) is 0 Å². The van der Waals surface area contributed by atoms with Crippen molar-refractivity contribution in [2.75, 3.05) is 6.54 Å². The lowest BCUT2D eigenvalue weighted by Crippen LogP contribution is -2.54. The van der Waals surface area contributed by atoms with Crippen LogP contribution in [0.1, 0.15) is 65.7 Å². The van der Waals surface area contributed by atoms with Crippen molar-refractivity contribution in [3.8, 4) is 0 Å². The molecule has 2 bridgehead atoms. The van der Waals surface area contributed by atoms with Gasteiger partial charge in [-0.2, -0.15) is 0 Å². The number of rotatable bonds is 4. The average Bonchev–Trinajstić information content (AvgIpc) is 2.81. The molecule has 3 aliphatic carbocycles. The topological polar surface area (TPSA) is 55.1 Å². The molecule has 3 aliphatic rings. The van der Waals surface area contributed by atoms with Gasteiger partial charge in [-0.05, 0) is 60.8 Å². The Morgan fingerprint density at radius 3 is 2.40 bits per heavy atom. The summed E-state index contributed by atoms with van der Waals surface area (Å²) in [6, 6.07) is 0.344. The van der Waals surface area contributed by atoms with Crippen LogP contribution in [0.3, 0.4) is 0 Å². The van der Waals surface area contributed by atoms with Gasteiger partial charge in [0.05, 0.1) is 0 Å². The Morgan fingerprint density at radius 1 is 1.25 bits per heavy atom. The van der Waals surface area contributed by atoms with Gasteiger partial charge in [0, 0.05) is 12.5 Å². The molecule has 0 aromatic rings. The highest BCUT2D eigenvalue weighted by atomic mass is 16.1. The summed E-state index contributed by atoms with van der Waals surface area (Å²) in [5, 5.41) is 3.40. The molecule has 0 saturated heterocycles. The Hall–Kier alpha value is -0.570. The summed E-state index contributed by atoms with van der Waals surface area (Å²) in [7, 11) is 0. The first-order valence-corrected chi connectivity index (χ1v) is 8.31. The second-order valence-corrected chi connectivity index (χ2v) is 8.65. The molecule has 0 aliphatic heterocycles. The molecule has 0 radical (unpaired) electrons. The molecule has 0 spiro atoms. The van der Waals surface area contributed by atoms with Gasteiger partial charge in [-0.15, -0.1) is 0 Å². The summed E-state index contributed by atoms with van der Waals surface area (Å²) in [6.07, 6.45) is 8.02. The monoisotopic (exact) mass is 278 g/mol. The van der Waals surface area contributed by atoms with E-state index in [1.54, 1.807) is 0 Å². The first-order valence-electron chi connectivity index (χ1n) is 8.31. The molecule has 0 heterocycles. The van der Waals surface area contributed by atoms with Crippen molar-refractivity contribution >= 4 is 5.91 Å². The maximum Gasteiger partial charge on any atom is 0.220 e. The van der Waals surface area contributed by atoms with Crippen molar-refractivity contribution in [1.82, 2.24) is 5.32 Å². The highest BCUT2D eigenvalue weighted by molar-refractivity contribution is 5.77. The van der Waals surface area contributed by atoms with E-state index in [0.29, 0.717) is 24.4 Å². The van der Waals surface area contributed by atoms with Crippen molar-refractivity contribution in [3.05, 3.63) is 0 Å². The van der Waals surface area contributed by atoms with Crippen LogP contribution in [0.5, 0.6) is 0 Å². The third-order valence-corrected chi connectivity index (χ3v) is 6.96. The zero-order chi connectivity index (χ0) is 14.6. The zero-order valence-corrected chi connectivity index (χ0v) is 13.3. The molecular formula is C17H30N2O. The standard InChI is InChI=1S/C17H30N2O/c1-15(2)12-5-8-16(3,9-12)14(15)19-13(20)10-17(11-18)6-4-7-17/h12,14H,4-11,18H2,1-3H3,(H,19,20). The van der Waals surface area contributed by atoms with Crippen molar-refractivity contribution in [1.29, 1.82) is 0 Å². The summed E-state index contributed by atoms with van der Waals surface area (Å²) >= 11 is 0. The van der Waals surface area contributed by atoms with E-state index in [4.69, 9.17) is 5.73 Å². The predicted molar refractivity (Wildman–Crippen MR) is 81.1 cm³/mol. The minimum atomic E-state index is 0.118. The molecule has 20 heavy (non-hydrogen) atoms. The van der Waals surface area contributed by atoms with Crippen LogP contribution in [-0.4, -0.2) is 18.5 Å². The molecule has 3 heteroatoms. The molecule has 3 fully saturated rings. The van der Waals surface area contributed by atoms with Gasteiger partial charge in [0.25, 0.3) is 0 Å². The Morgan fingerprint density at radius 2 is 1.95 bits per heavy atom. The van der Waals surface area contributed by atoms with Crippen LogP contribution < -0.4 is 11.1 Å². The molecule has 3 N–H and O–H groups in total. The van der Waals surface area contributed by atoms with Crippen molar-refractivity contribution in [2.45, 2.75) is 71.8 Å². The smallest absolute Gasteiger partial charge is 0.220 e. The van der Waals surface area contributed by atoms with Crippen LogP contribution in [0, 0.1) is 22.2 Å². The summed E-state index contributed by atoms with van der Waals surface area (Å²) in [5.74, 6) is 1.02. The van der Waals surface area contributed by atoms with Crippen LogP contribution in [0.15, 0.2) is 0 Å². The van der Waals surface area contributed by atoms with Crippen molar-refractivity contribution < 1.29 is 4.79 Å². The maximum atomic E-state index is 12.5. The predicted octanol–water partition coefficient (Wildman–Crippen LogP) is 2.84. The van der Waals surface area contributed by atoms with E-state index in [1.165, 1.54) is 25.7 Å². The fourth-order valence-electron chi connectivity index (χ4n) is 5.34. The van der Waals surface area contributed by atoms with E-state index in [9.17, 15) is 4.79 Å². The normalized spacial score (nSPS) is 40.4. The van der Waals surface area contributed by atoms with Crippen LogP contribution in [0.4, 0.5) is 0 Å². The molecule has 1 amide bonds. The number of amides is 1. The van der Waals surface area contributed by atoms with Crippen molar-refractivity contribution in [3.63, 3.8) is 0 Å². The summed E-state index contributed by atoms with van der Waals surface area (Å²) in [4.78, 5) is 12.5. The second-order valence-electron chi connectivity index (χ2n) is 8.65. The van der Waals surface area contributed by atoms with Crippen LogP contribution in [0.25, 0.3) is 0 Å². The van der Waals surface area contributed by atoms with E-state index in [-0.39, 0.29) is 16.7 Å². The number of hydrogen-bond donors (Lipinski definition) is 2. The fraction of sp³-hybridized carbons (Fsp3) is 0.941. The first-order chi connectivity index (χ1) is 9.31. The lowest BCUT2D eigenvalue weighted by molar-refractivity contribution is -0.127. The third kappa shape index (κ3) is 2.01. The van der Waals surface area contributed by atoms with Crippen LogP contribution >= 0.6 is 0 Å². The van der Waals surface area contributed by atoms with Gasteiger partial charge in [-0.25, -0.2) is 0 Å². The van der Waals surface area contributed by atoms with Crippen molar-refractivity contribution in [2.24, 2.45) is 27.9 Å². The lowest BCUT2D eigenvalue weighted by atomic mass is 9.65. The van der Waals surface area contributed by atoms with Gasteiger partial charge in [-0.1, -0.05) is 27.2 Å². The minimum absolute atomic E-state index is 0.118. The molecular weight excluding hydrogens is 248 g/mol. The zero-order valence-electron chi connectivity index (χ0n) is 13.3. The van der Waals surface area contributed by atoms with Gasteiger partial charge in [0.2, 0.25) is 5.91 Å². The SMILES string of the molecule is CC12CCC(C1)C(C)(C)C2NC(=O)CC1(CN)CCC1. The van der Waals surface area contributed by atoms with E-state index in [1.807, 2.05) is 0 Å². The maximum absolute atomic E-state index is 12.5. The van der Waals surface area contributed by atoms with Gasteiger partial charge < -0.3 is 11.1 Å². The highest BCUT2D eigenvalue weighted by Gasteiger charge is 2.59. The average molecular weight is 278 g/mol. The van der Waals surface area contributed by atoms with E-state index >= 15 is 0 Å². The number of nitrogens with two attached hydrogens (primary N) is 1. The highest BCUT2D eigenvalue weighted by Crippen LogP contribution is 2.62. The van der Waals surface area contributed by atoms with E-state index < -0.39 is 0 Å². The largest absolute Gasteiger partial charge is 0.352 e. The summed E-state index contributed by atoms with van der Waals surface area (Å²) < 4.78 is 0. The molecule has 3 atom stereocenters. The van der Waals surface area contributed by atoms with Crippen LogP contribution in [-0.2, 0) is 4.79 Å². The number of carbonyl (C=O) groups is 1. The molecule has 3 nitrogen and oxygen atoms in total. The van der Waals surface area contributed by atoms with Gasteiger partial charge in [-0.3, -0.25) is 4.79 Å². The fourth-order valence-corrected chi connectivity index (χ4v) is 5.34. The number of carbonyl (C=O) groups excluding carboxylic acids is 1. The molecule has 114 valence electrons. The minimum Gasteiger partial charge on any atom is -0.352 e. The quantitative estimate of drug-likeness (QED) is 0.831. The number of hydrogen-bond acceptors (Lipinski definition) is 2. The van der Waals surface area contributed by atoms with Gasteiger partial charge in [0.15, 0.2) is 0 Å². The Balaban J connectivity index is 1.67. The summed E-state index contributed by atoms with van der Waals surface area (Å²) in [6.45, 7) is 7.72. The van der Waals surface area contributed by atoms with E-state index in [0.717, 1.165) is 18.8 Å². The Labute approximate surface area is 123 Å². The second kappa shape index (κ2) is 4.46. The number of fused-ring (bicyclic) bond motifs is 2. The number of nitrogens with one attached hydrogen (secondary N) is 1. The molecule has 3 saturated carbocycles. The molecule has 0 aromatic carbocycles.